The number of H-pyrrole nitrogens is 1. The molecule has 2 fully saturated rings. The molecule has 3 heterocycles. The summed E-state index contributed by atoms with van der Waals surface area (Å²) in [7, 11) is 0. The summed E-state index contributed by atoms with van der Waals surface area (Å²) >= 11 is 0. The number of nitrogens with one attached hydrogen (secondary N) is 3. The standard InChI is InChI=1S/C41H40N6O5/c48-37(25-27-9-3-1-4-10-27)46-23-7-13-35(46)39(50)42-31-19-15-28(16-20-31)33-26-34(45-44-33)29-17-21-32(22-18-29)43-40(51)36-14-8-24-47(36)41(52)38(49)30-11-5-2-6-12-30/h1-6,9-12,15-22,26,35-36,38,49H,7-8,13-14,23-25H2,(H,42,50)(H,43,51)(H,44,45)/t35-,36-,38+/m0/s1. The van der Waals surface area contributed by atoms with E-state index in [0.29, 0.717) is 49.3 Å². The lowest BCUT2D eigenvalue weighted by molar-refractivity contribution is -0.144. The number of carbonyl (C=O) groups excluding carboxylic acids is 4. The van der Waals surface area contributed by atoms with Gasteiger partial charge in [0.15, 0.2) is 6.10 Å². The molecule has 11 heteroatoms. The molecule has 3 atom stereocenters. The summed E-state index contributed by atoms with van der Waals surface area (Å²) in [6.45, 7) is 0.987. The molecule has 2 aliphatic heterocycles. The SMILES string of the molecule is O=C(Nc1ccc(-c2cc(-c3ccc(NC(=O)[C@@H]4CCCN4C(=O)[C@H](O)c4ccccc4)cc3)[nH]n2)cc1)[C@@H]1CCCN1C(=O)Cc1ccccc1. The molecule has 0 saturated carbocycles. The molecule has 4 N–H and O–H groups in total. The summed E-state index contributed by atoms with van der Waals surface area (Å²) in [6.07, 6.45) is 1.59. The van der Waals surface area contributed by atoms with Gasteiger partial charge in [-0.25, -0.2) is 0 Å². The van der Waals surface area contributed by atoms with Crippen LogP contribution < -0.4 is 10.6 Å². The molecule has 1 aromatic heterocycles. The first-order chi connectivity index (χ1) is 25.3. The summed E-state index contributed by atoms with van der Waals surface area (Å²) in [4.78, 5) is 55.6. The summed E-state index contributed by atoms with van der Waals surface area (Å²) in [5.74, 6) is -1.00. The minimum Gasteiger partial charge on any atom is -0.378 e. The van der Waals surface area contributed by atoms with Crippen LogP contribution in [0, 0.1) is 0 Å². The highest BCUT2D eigenvalue weighted by atomic mass is 16.3. The van der Waals surface area contributed by atoms with E-state index >= 15 is 0 Å². The van der Waals surface area contributed by atoms with E-state index in [1.165, 1.54) is 4.90 Å². The van der Waals surface area contributed by atoms with Crippen LogP contribution >= 0.6 is 0 Å². The zero-order chi connectivity index (χ0) is 36.0. The first kappa shape index (κ1) is 34.4. The van der Waals surface area contributed by atoms with Gasteiger partial charge in [-0.3, -0.25) is 24.3 Å². The predicted octanol–water partition coefficient (Wildman–Crippen LogP) is 5.58. The van der Waals surface area contributed by atoms with Crippen molar-refractivity contribution < 1.29 is 24.3 Å². The zero-order valence-corrected chi connectivity index (χ0v) is 28.6. The monoisotopic (exact) mass is 696 g/mol. The van der Waals surface area contributed by atoms with E-state index in [-0.39, 0.29) is 24.1 Å². The molecule has 0 aliphatic carbocycles. The van der Waals surface area contributed by atoms with Crippen molar-refractivity contribution in [2.75, 3.05) is 23.7 Å². The lowest BCUT2D eigenvalue weighted by Crippen LogP contribution is -2.45. The largest absolute Gasteiger partial charge is 0.378 e. The lowest BCUT2D eigenvalue weighted by atomic mass is 10.1. The lowest BCUT2D eigenvalue weighted by Gasteiger charge is -2.26. The topological polar surface area (TPSA) is 148 Å². The van der Waals surface area contributed by atoms with Gasteiger partial charge in [-0.2, -0.15) is 5.10 Å². The molecule has 4 aromatic carbocycles. The van der Waals surface area contributed by atoms with Gasteiger partial charge in [0, 0.05) is 30.0 Å². The van der Waals surface area contributed by atoms with Crippen molar-refractivity contribution in [1.29, 1.82) is 0 Å². The van der Waals surface area contributed by atoms with Crippen LogP contribution in [0.15, 0.2) is 115 Å². The highest BCUT2D eigenvalue weighted by molar-refractivity contribution is 5.99. The smallest absolute Gasteiger partial charge is 0.256 e. The maximum atomic E-state index is 13.2. The van der Waals surface area contributed by atoms with Gasteiger partial charge < -0.3 is 25.5 Å². The molecule has 0 radical (unpaired) electrons. The fraction of sp³-hybridized carbons (Fsp3) is 0.244. The molecule has 2 aliphatic rings. The number of nitrogens with zero attached hydrogens (tertiary/aromatic N) is 3. The van der Waals surface area contributed by atoms with Crippen LogP contribution in [0.2, 0.25) is 0 Å². The average molecular weight is 697 g/mol. The number of amides is 4. The second kappa shape index (κ2) is 15.4. The number of likely N-dealkylation sites (tertiary alicyclic amines) is 2. The van der Waals surface area contributed by atoms with Gasteiger partial charge in [-0.1, -0.05) is 84.9 Å². The van der Waals surface area contributed by atoms with Crippen LogP contribution in [0.4, 0.5) is 11.4 Å². The van der Waals surface area contributed by atoms with Crippen molar-refractivity contribution in [3.8, 4) is 22.5 Å². The van der Waals surface area contributed by atoms with Crippen LogP contribution in [0.1, 0.15) is 42.9 Å². The Morgan fingerprint density at radius 1 is 0.712 bits per heavy atom. The number of rotatable bonds is 10. The minimum absolute atomic E-state index is 0.0438. The van der Waals surface area contributed by atoms with Crippen molar-refractivity contribution in [3.05, 3.63) is 126 Å². The third-order valence-electron chi connectivity index (χ3n) is 9.75. The Labute approximate surface area is 301 Å². The first-order valence-electron chi connectivity index (χ1n) is 17.6. The zero-order valence-electron chi connectivity index (χ0n) is 28.6. The van der Waals surface area contributed by atoms with Crippen molar-refractivity contribution in [2.24, 2.45) is 0 Å². The molecule has 0 bridgehead atoms. The fourth-order valence-corrected chi connectivity index (χ4v) is 6.97. The molecular weight excluding hydrogens is 656 g/mol. The molecule has 0 unspecified atom stereocenters. The second-order valence-electron chi connectivity index (χ2n) is 13.2. The summed E-state index contributed by atoms with van der Waals surface area (Å²) in [5, 5.41) is 24.1. The molecule has 52 heavy (non-hydrogen) atoms. The Morgan fingerprint density at radius 3 is 1.87 bits per heavy atom. The molecule has 0 spiro atoms. The van der Waals surface area contributed by atoms with Crippen molar-refractivity contribution >= 4 is 35.0 Å². The van der Waals surface area contributed by atoms with Crippen LogP contribution in [0.5, 0.6) is 0 Å². The van der Waals surface area contributed by atoms with E-state index in [2.05, 4.69) is 20.8 Å². The first-order valence-corrected chi connectivity index (χ1v) is 17.6. The van der Waals surface area contributed by atoms with Crippen LogP contribution in [-0.2, 0) is 25.6 Å². The summed E-state index contributed by atoms with van der Waals surface area (Å²) < 4.78 is 0. The van der Waals surface area contributed by atoms with Gasteiger partial charge in [0.2, 0.25) is 17.7 Å². The Balaban J connectivity index is 0.933. The van der Waals surface area contributed by atoms with E-state index in [4.69, 9.17) is 0 Å². The number of aliphatic hydroxyl groups excluding tert-OH is 1. The molecule has 7 rings (SSSR count). The van der Waals surface area contributed by atoms with Crippen LogP contribution in [0.3, 0.4) is 0 Å². The Bertz CT molecular complexity index is 2030. The van der Waals surface area contributed by atoms with Gasteiger partial charge >= 0.3 is 0 Å². The molecule has 264 valence electrons. The molecule has 5 aromatic rings. The quantitative estimate of drug-likeness (QED) is 0.150. The van der Waals surface area contributed by atoms with E-state index in [1.54, 1.807) is 41.3 Å². The molecule has 4 amide bonds. The van der Waals surface area contributed by atoms with Gasteiger partial charge in [0.25, 0.3) is 5.91 Å². The van der Waals surface area contributed by atoms with E-state index < -0.39 is 24.1 Å². The van der Waals surface area contributed by atoms with Crippen LogP contribution in [0.25, 0.3) is 22.5 Å². The molecule has 2 saturated heterocycles. The van der Waals surface area contributed by atoms with Gasteiger partial charge in [-0.05, 0) is 72.7 Å². The number of aromatic nitrogens is 2. The van der Waals surface area contributed by atoms with Gasteiger partial charge in [-0.15, -0.1) is 0 Å². The fourth-order valence-electron chi connectivity index (χ4n) is 6.97. The van der Waals surface area contributed by atoms with Gasteiger partial charge in [0.1, 0.15) is 12.1 Å². The van der Waals surface area contributed by atoms with E-state index in [9.17, 15) is 24.3 Å². The number of hydrogen-bond acceptors (Lipinski definition) is 6. The van der Waals surface area contributed by atoms with E-state index in [1.807, 2.05) is 78.9 Å². The summed E-state index contributed by atoms with van der Waals surface area (Å²) in [6, 6.07) is 33.8. The van der Waals surface area contributed by atoms with E-state index in [0.717, 1.165) is 34.5 Å². The minimum atomic E-state index is -1.32. The molecule has 11 nitrogen and oxygen atoms in total. The number of aromatic amines is 1. The highest BCUT2D eigenvalue weighted by Gasteiger charge is 2.37. The predicted molar refractivity (Wildman–Crippen MR) is 198 cm³/mol. The number of hydrogen-bond donors (Lipinski definition) is 4. The maximum absolute atomic E-state index is 13.2. The Kier molecular flexibility index (Phi) is 10.2. The van der Waals surface area contributed by atoms with Crippen molar-refractivity contribution in [3.63, 3.8) is 0 Å². The number of benzene rings is 4. The highest BCUT2D eigenvalue weighted by Crippen LogP contribution is 2.28. The number of anilines is 2. The molecular formula is C41H40N6O5. The second-order valence-corrected chi connectivity index (χ2v) is 13.2. The third kappa shape index (κ3) is 7.64. The third-order valence-corrected chi connectivity index (χ3v) is 9.75. The Hall–Kier alpha value is -6.07. The normalized spacial score (nSPS) is 17.5. The maximum Gasteiger partial charge on any atom is 0.256 e. The number of carbonyl (C=O) groups is 4. The van der Waals surface area contributed by atoms with Gasteiger partial charge in [0.05, 0.1) is 17.8 Å². The Morgan fingerprint density at radius 2 is 1.25 bits per heavy atom. The number of aliphatic hydroxyl groups is 1. The van der Waals surface area contributed by atoms with Crippen molar-refractivity contribution in [1.82, 2.24) is 20.0 Å². The summed E-state index contributed by atoms with van der Waals surface area (Å²) in [5.41, 5.74) is 5.90. The average Bonchev–Trinajstić information content (AvgIpc) is 3.98. The van der Waals surface area contributed by atoms with Crippen molar-refractivity contribution in [2.45, 2.75) is 50.3 Å². The van der Waals surface area contributed by atoms with Crippen LogP contribution in [-0.4, -0.2) is 73.9 Å².